The van der Waals surface area contributed by atoms with Crippen LogP contribution in [0.4, 0.5) is 11.6 Å². The summed E-state index contributed by atoms with van der Waals surface area (Å²) in [6.45, 7) is 5.46. The van der Waals surface area contributed by atoms with E-state index >= 15 is 0 Å². The van der Waals surface area contributed by atoms with Crippen LogP contribution >= 0.6 is 11.6 Å². The molecular weight excluding hydrogens is 380 g/mol. The molecular formula is C20H25ClN4O3. The second-order valence-electron chi connectivity index (χ2n) is 7.66. The molecule has 2 aliphatic heterocycles. The first-order chi connectivity index (χ1) is 13.3. The number of hydrogen-bond donors (Lipinski definition) is 3. The number of benzene rings is 1. The third-order valence-corrected chi connectivity index (χ3v) is 5.07. The zero-order valence-electron chi connectivity index (χ0n) is 16.0. The van der Waals surface area contributed by atoms with Gasteiger partial charge in [-0.2, -0.15) is 0 Å². The zero-order chi connectivity index (χ0) is 20.3. The fourth-order valence-electron chi connectivity index (χ4n) is 3.36. The summed E-state index contributed by atoms with van der Waals surface area (Å²) in [5, 5.41) is 12.1. The molecule has 2 aromatic rings. The van der Waals surface area contributed by atoms with Gasteiger partial charge in [0.2, 0.25) is 11.9 Å². The second kappa shape index (κ2) is 8.43. The minimum atomic E-state index is -0.237. The van der Waals surface area contributed by atoms with Gasteiger partial charge < -0.3 is 20.9 Å². The predicted octanol–water partition coefficient (Wildman–Crippen LogP) is 3.16. The molecule has 4 N–H and O–H groups in total. The third-order valence-electron chi connectivity index (χ3n) is 4.80. The number of hydrogen-bond acceptors (Lipinski definition) is 6. The highest BCUT2D eigenvalue weighted by Crippen LogP contribution is 2.39. The van der Waals surface area contributed by atoms with E-state index in [1.807, 2.05) is 32.0 Å². The lowest BCUT2D eigenvalue weighted by Gasteiger charge is -2.32. The molecule has 1 fully saturated rings. The lowest BCUT2D eigenvalue weighted by Crippen LogP contribution is -2.32. The van der Waals surface area contributed by atoms with E-state index in [9.17, 15) is 4.79 Å². The van der Waals surface area contributed by atoms with Crippen molar-refractivity contribution in [3.63, 3.8) is 0 Å². The highest BCUT2D eigenvalue weighted by atomic mass is 35.5. The number of aliphatic hydroxyl groups is 1. The van der Waals surface area contributed by atoms with Crippen molar-refractivity contribution in [1.82, 2.24) is 9.97 Å². The van der Waals surface area contributed by atoms with Crippen LogP contribution in [-0.4, -0.2) is 40.3 Å². The number of rotatable bonds is 1. The van der Waals surface area contributed by atoms with Crippen LogP contribution in [0.5, 0.6) is 0 Å². The van der Waals surface area contributed by atoms with Gasteiger partial charge in [-0.3, -0.25) is 4.79 Å². The molecule has 0 bridgehead atoms. The number of nitrogens with two attached hydrogens (primary N) is 1. The summed E-state index contributed by atoms with van der Waals surface area (Å²) in [6.07, 6.45) is 3.68. The van der Waals surface area contributed by atoms with Crippen LogP contribution in [0.3, 0.4) is 0 Å². The summed E-state index contributed by atoms with van der Waals surface area (Å²) < 4.78 is 4.93. The molecule has 1 amide bonds. The van der Waals surface area contributed by atoms with Crippen LogP contribution in [0.25, 0.3) is 11.3 Å². The third kappa shape index (κ3) is 4.79. The van der Waals surface area contributed by atoms with Crippen LogP contribution in [-0.2, 0) is 14.9 Å². The Bertz CT molecular complexity index is 867. The van der Waals surface area contributed by atoms with E-state index in [0.717, 1.165) is 36.3 Å². The van der Waals surface area contributed by atoms with Gasteiger partial charge in [0.1, 0.15) is 0 Å². The number of anilines is 2. The van der Waals surface area contributed by atoms with Gasteiger partial charge in [-0.25, -0.2) is 9.97 Å². The van der Waals surface area contributed by atoms with Gasteiger partial charge >= 0.3 is 0 Å². The molecule has 0 aliphatic carbocycles. The van der Waals surface area contributed by atoms with E-state index in [-0.39, 0.29) is 23.4 Å². The average molecular weight is 405 g/mol. The van der Waals surface area contributed by atoms with Gasteiger partial charge in [0.25, 0.3) is 0 Å². The number of nitrogens with zero attached hydrogens (tertiary/aromatic N) is 2. The lowest BCUT2D eigenvalue weighted by molar-refractivity contribution is -0.117. The van der Waals surface area contributed by atoms with Gasteiger partial charge in [-0.05, 0) is 30.5 Å². The molecule has 1 aromatic carbocycles. The number of halogens is 1. The Kier molecular flexibility index (Phi) is 6.17. The Balaban J connectivity index is 0.000000271. The number of amides is 1. The fourth-order valence-corrected chi connectivity index (χ4v) is 3.56. The van der Waals surface area contributed by atoms with Crippen molar-refractivity contribution in [2.75, 3.05) is 24.3 Å². The molecule has 1 unspecified atom stereocenters. The van der Waals surface area contributed by atoms with Gasteiger partial charge in [-0.15, -0.1) is 0 Å². The minimum absolute atomic E-state index is 0.0320. The van der Waals surface area contributed by atoms with E-state index in [4.69, 9.17) is 27.2 Å². The topological polar surface area (TPSA) is 110 Å². The molecule has 2 aliphatic rings. The molecule has 0 spiro atoms. The SMILES string of the molecule is CC1(C)CC(=O)Nc2ccc(-c3nc(N)ncc3Cl)cc21.OC1CCCOC1. The second-order valence-corrected chi connectivity index (χ2v) is 8.07. The number of ether oxygens (including phenoxy) is 1. The van der Waals surface area contributed by atoms with Gasteiger partial charge in [0.05, 0.1) is 29.6 Å². The first-order valence-electron chi connectivity index (χ1n) is 9.25. The van der Waals surface area contributed by atoms with Crippen molar-refractivity contribution in [1.29, 1.82) is 0 Å². The number of carbonyl (C=O) groups is 1. The van der Waals surface area contributed by atoms with E-state index in [0.29, 0.717) is 23.7 Å². The van der Waals surface area contributed by atoms with Crippen LogP contribution in [0.1, 0.15) is 38.7 Å². The molecule has 150 valence electrons. The van der Waals surface area contributed by atoms with Crippen LogP contribution in [0, 0.1) is 0 Å². The van der Waals surface area contributed by atoms with Crippen molar-refractivity contribution in [3.8, 4) is 11.3 Å². The monoisotopic (exact) mass is 404 g/mol. The molecule has 7 nitrogen and oxygen atoms in total. The number of fused-ring (bicyclic) bond motifs is 1. The smallest absolute Gasteiger partial charge is 0.225 e. The number of carbonyl (C=O) groups excluding carboxylic acids is 1. The standard InChI is InChI=1S/C15H15ClN4O.C5H10O2/c1-15(2)6-12(21)19-11-4-3-8(5-9(11)15)13-10(16)7-18-14(17)20-13;6-5-2-1-3-7-4-5/h3-5,7H,6H2,1-2H3,(H,19,21)(H2,17,18,20);5-6H,1-4H2. The number of aliphatic hydroxyl groups excluding tert-OH is 1. The molecule has 1 aromatic heterocycles. The Morgan fingerprint density at radius 1 is 1.39 bits per heavy atom. The predicted molar refractivity (Wildman–Crippen MR) is 109 cm³/mol. The van der Waals surface area contributed by atoms with Gasteiger partial charge in [-0.1, -0.05) is 31.5 Å². The van der Waals surface area contributed by atoms with Crippen molar-refractivity contribution in [2.45, 2.75) is 44.6 Å². The summed E-state index contributed by atoms with van der Waals surface area (Å²) in [7, 11) is 0. The zero-order valence-corrected chi connectivity index (χ0v) is 16.8. The summed E-state index contributed by atoms with van der Waals surface area (Å²) >= 11 is 6.16. The maximum Gasteiger partial charge on any atom is 0.225 e. The van der Waals surface area contributed by atoms with Crippen molar-refractivity contribution >= 4 is 29.1 Å². The van der Waals surface area contributed by atoms with Crippen molar-refractivity contribution in [2.24, 2.45) is 0 Å². The number of aromatic nitrogens is 2. The van der Waals surface area contributed by atoms with Crippen LogP contribution < -0.4 is 11.1 Å². The normalized spacial score (nSPS) is 20.4. The minimum Gasteiger partial charge on any atom is -0.391 e. The summed E-state index contributed by atoms with van der Waals surface area (Å²) in [6, 6.07) is 5.74. The highest BCUT2D eigenvalue weighted by Gasteiger charge is 2.32. The molecule has 0 saturated carbocycles. The Morgan fingerprint density at radius 2 is 2.18 bits per heavy atom. The van der Waals surface area contributed by atoms with E-state index in [1.54, 1.807) is 0 Å². The molecule has 1 saturated heterocycles. The molecule has 0 radical (unpaired) electrons. The Morgan fingerprint density at radius 3 is 2.82 bits per heavy atom. The average Bonchev–Trinajstić information content (AvgIpc) is 2.64. The largest absolute Gasteiger partial charge is 0.391 e. The van der Waals surface area contributed by atoms with Gasteiger partial charge in [0, 0.05) is 29.7 Å². The summed E-state index contributed by atoms with van der Waals surface area (Å²) in [5.74, 6) is 0.212. The highest BCUT2D eigenvalue weighted by molar-refractivity contribution is 6.32. The van der Waals surface area contributed by atoms with E-state index in [1.165, 1.54) is 6.20 Å². The molecule has 1 atom stereocenters. The van der Waals surface area contributed by atoms with Crippen LogP contribution in [0.15, 0.2) is 24.4 Å². The maximum absolute atomic E-state index is 11.7. The number of nitrogen functional groups attached to an aromatic ring is 1. The quantitative estimate of drug-likeness (QED) is 0.673. The molecule has 8 heteroatoms. The Labute approximate surface area is 169 Å². The first kappa shape index (κ1) is 20.5. The Hall–Kier alpha value is -2.22. The maximum atomic E-state index is 11.7. The molecule has 3 heterocycles. The molecule has 4 rings (SSSR count). The van der Waals surface area contributed by atoms with Gasteiger partial charge in [0.15, 0.2) is 0 Å². The van der Waals surface area contributed by atoms with Crippen LogP contribution in [0.2, 0.25) is 5.02 Å². The first-order valence-corrected chi connectivity index (χ1v) is 9.62. The fraction of sp³-hybridized carbons (Fsp3) is 0.450. The van der Waals surface area contributed by atoms with Crippen molar-refractivity contribution < 1.29 is 14.6 Å². The lowest BCUT2D eigenvalue weighted by atomic mass is 9.77. The van der Waals surface area contributed by atoms with E-state index in [2.05, 4.69) is 15.3 Å². The summed E-state index contributed by atoms with van der Waals surface area (Å²) in [5.41, 5.74) is 8.75. The summed E-state index contributed by atoms with van der Waals surface area (Å²) in [4.78, 5) is 19.8. The molecule has 28 heavy (non-hydrogen) atoms. The van der Waals surface area contributed by atoms with E-state index < -0.39 is 0 Å². The van der Waals surface area contributed by atoms with Crippen molar-refractivity contribution in [3.05, 3.63) is 35.0 Å². The number of nitrogens with one attached hydrogen (secondary N) is 1.